The fourth-order valence-corrected chi connectivity index (χ4v) is 4.71. The minimum atomic E-state index is 0.146. The van der Waals surface area contributed by atoms with Gasteiger partial charge in [0.2, 0.25) is 0 Å². The molecule has 0 spiro atoms. The van der Waals surface area contributed by atoms with Gasteiger partial charge in [-0.1, -0.05) is 23.7 Å². The molecule has 4 rings (SSSR count). The van der Waals surface area contributed by atoms with Crippen LogP contribution in [0.15, 0.2) is 40.8 Å². The number of ether oxygens (including phenoxy) is 1. The zero-order valence-electron chi connectivity index (χ0n) is 16.4. The van der Waals surface area contributed by atoms with Crippen molar-refractivity contribution in [3.8, 4) is 0 Å². The molecule has 1 unspecified atom stereocenters. The van der Waals surface area contributed by atoms with E-state index in [-0.39, 0.29) is 6.04 Å². The third-order valence-corrected chi connectivity index (χ3v) is 6.51. The second-order valence-electron chi connectivity index (χ2n) is 7.21. The first-order valence-corrected chi connectivity index (χ1v) is 11.2. The van der Waals surface area contributed by atoms with Gasteiger partial charge in [0.1, 0.15) is 0 Å². The smallest absolute Gasteiger partial charge is 0.191 e. The second kappa shape index (κ2) is 9.75. The first-order valence-electron chi connectivity index (χ1n) is 9.97. The van der Waals surface area contributed by atoms with Crippen molar-refractivity contribution in [2.75, 3.05) is 63.9 Å². The molecule has 2 aliphatic heterocycles. The Morgan fingerprint density at radius 3 is 2.69 bits per heavy atom. The number of rotatable bonds is 5. The Morgan fingerprint density at radius 2 is 2.00 bits per heavy atom. The van der Waals surface area contributed by atoms with Gasteiger partial charge in [-0.05, 0) is 17.7 Å². The summed E-state index contributed by atoms with van der Waals surface area (Å²) >= 11 is 7.92. The molecule has 1 aromatic heterocycles. The number of nitrogens with zero attached hydrogens (tertiary/aromatic N) is 5. The maximum atomic E-state index is 6.37. The van der Waals surface area contributed by atoms with Crippen molar-refractivity contribution < 1.29 is 4.74 Å². The molecule has 3 heterocycles. The Kier molecular flexibility index (Phi) is 6.86. The van der Waals surface area contributed by atoms with Crippen molar-refractivity contribution in [1.82, 2.24) is 14.8 Å². The first kappa shape index (κ1) is 20.4. The molecule has 1 atom stereocenters. The average molecular weight is 435 g/mol. The van der Waals surface area contributed by atoms with Crippen molar-refractivity contribution in [3.05, 3.63) is 46.4 Å². The SMILES string of the molecule is NC(=NCC(c1cccc(Cl)c1)N1CCOCC1)N1CCN(c2nccs2)CC1. The Labute approximate surface area is 180 Å². The fraction of sp³-hybridized carbons (Fsp3) is 0.500. The normalized spacial score (nSPS) is 20.1. The largest absolute Gasteiger partial charge is 0.379 e. The Balaban J connectivity index is 1.41. The summed E-state index contributed by atoms with van der Waals surface area (Å²) in [6.45, 7) is 7.40. The summed E-state index contributed by atoms with van der Waals surface area (Å²) in [5.41, 5.74) is 7.54. The Bertz CT molecular complexity index is 803. The summed E-state index contributed by atoms with van der Waals surface area (Å²) in [6.07, 6.45) is 1.85. The van der Waals surface area contributed by atoms with E-state index in [2.05, 4.69) is 25.8 Å². The monoisotopic (exact) mass is 434 g/mol. The van der Waals surface area contributed by atoms with Gasteiger partial charge in [0.25, 0.3) is 0 Å². The van der Waals surface area contributed by atoms with Gasteiger partial charge in [0.05, 0.1) is 25.8 Å². The molecule has 9 heteroatoms. The van der Waals surface area contributed by atoms with Crippen LogP contribution in [-0.2, 0) is 4.74 Å². The number of guanidine groups is 1. The van der Waals surface area contributed by atoms with Crippen LogP contribution in [0.3, 0.4) is 0 Å². The van der Waals surface area contributed by atoms with Crippen molar-refractivity contribution in [3.63, 3.8) is 0 Å². The highest BCUT2D eigenvalue weighted by Crippen LogP contribution is 2.25. The number of hydrogen-bond acceptors (Lipinski definition) is 6. The fourth-order valence-electron chi connectivity index (χ4n) is 3.81. The average Bonchev–Trinajstić information content (AvgIpc) is 3.30. The molecule has 0 amide bonds. The van der Waals surface area contributed by atoms with Crippen LogP contribution in [0.2, 0.25) is 5.02 Å². The molecule has 2 aromatic rings. The molecule has 2 saturated heterocycles. The lowest BCUT2D eigenvalue weighted by molar-refractivity contribution is 0.0179. The predicted octanol–water partition coefficient (Wildman–Crippen LogP) is 2.31. The van der Waals surface area contributed by atoms with Crippen LogP contribution in [-0.4, -0.2) is 79.8 Å². The van der Waals surface area contributed by atoms with E-state index < -0.39 is 0 Å². The molecule has 2 aliphatic rings. The van der Waals surface area contributed by atoms with Crippen LogP contribution in [0.1, 0.15) is 11.6 Å². The highest BCUT2D eigenvalue weighted by Gasteiger charge is 2.24. The molecule has 0 radical (unpaired) electrons. The molecule has 0 aliphatic carbocycles. The third-order valence-electron chi connectivity index (χ3n) is 5.44. The number of piperazine rings is 1. The van der Waals surface area contributed by atoms with E-state index in [1.54, 1.807) is 11.3 Å². The number of halogens is 1. The summed E-state index contributed by atoms with van der Waals surface area (Å²) in [5.74, 6) is 0.615. The number of morpholine rings is 1. The topological polar surface area (TPSA) is 70.2 Å². The van der Waals surface area contributed by atoms with Gasteiger partial charge in [-0.15, -0.1) is 11.3 Å². The molecular weight excluding hydrogens is 408 g/mol. The number of hydrogen-bond donors (Lipinski definition) is 1. The molecule has 29 heavy (non-hydrogen) atoms. The Morgan fingerprint density at radius 1 is 1.21 bits per heavy atom. The van der Waals surface area contributed by atoms with Crippen LogP contribution in [0, 0.1) is 0 Å². The van der Waals surface area contributed by atoms with Crippen LogP contribution in [0.4, 0.5) is 5.13 Å². The van der Waals surface area contributed by atoms with Gasteiger partial charge < -0.3 is 20.3 Å². The van der Waals surface area contributed by atoms with E-state index in [0.717, 1.165) is 62.6 Å². The minimum Gasteiger partial charge on any atom is -0.379 e. The highest BCUT2D eigenvalue weighted by atomic mass is 35.5. The van der Waals surface area contributed by atoms with E-state index in [0.29, 0.717) is 12.5 Å². The van der Waals surface area contributed by atoms with Crippen LogP contribution < -0.4 is 10.6 Å². The van der Waals surface area contributed by atoms with Crippen LogP contribution in [0.25, 0.3) is 0 Å². The number of benzene rings is 1. The van der Waals surface area contributed by atoms with Crippen molar-refractivity contribution in [2.45, 2.75) is 6.04 Å². The first-order chi connectivity index (χ1) is 14.2. The lowest BCUT2D eigenvalue weighted by Crippen LogP contribution is -2.51. The molecule has 0 saturated carbocycles. The summed E-state index contributed by atoms with van der Waals surface area (Å²) < 4.78 is 5.53. The second-order valence-corrected chi connectivity index (χ2v) is 8.52. The van der Waals surface area contributed by atoms with Crippen molar-refractivity contribution >= 4 is 34.0 Å². The zero-order valence-corrected chi connectivity index (χ0v) is 18.0. The van der Waals surface area contributed by atoms with Crippen LogP contribution >= 0.6 is 22.9 Å². The standard InChI is InChI=1S/C20H27ClN6OS/c21-17-3-1-2-16(14-17)18(25-9-11-28-12-10-25)15-24-19(22)26-5-7-27(8-6-26)20-23-4-13-29-20/h1-4,13-14,18H,5-12,15H2,(H2,22,24). The van der Waals surface area contributed by atoms with Gasteiger partial charge >= 0.3 is 0 Å². The molecule has 2 fully saturated rings. The van der Waals surface area contributed by atoms with Crippen LogP contribution in [0.5, 0.6) is 0 Å². The molecule has 2 N–H and O–H groups in total. The third kappa shape index (κ3) is 5.19. The van der Waals surface area contributed by atoms with Crippen molar-refractivity contribution in [2.24, 2.45) is 10.7 Å². The molecule has 156 valence electrons. The van der Waals surface area contributed by atoms with Gasteiger partial charge in [0, 0.05) is 55.9 Å². The quantitative estimate of drug-likeness (QED) is 0.575. The highest BCUT2D eigenvalue weighted by molar-refractivity contribution is 7.13. The van der Waals surface area contributed by atoms with Gasteiger partial charge in [-0.25, -0.2) is 4.98 Å². The van der Waals surface area contributed by atoms with E-state index >= 15 is 0 Å². The minimum absolute atomic E-state index is 0.146. The van der Waals surface area contributed by atoms with E-state index in [1.807, 2.05) is 29.8 Å². The maximum absolute atomic E-state index is 6.37. The summed E-state index contributed by atoms with van der Waals surface area (Å²) in [5, 5.41) is 3.84. The van der Waals surface area contributed by atoms with Crippen molar-refractivity contribution in [1.29, 1.82) is 0 Å². The molecular formula is C20H27ClN6OS. The molecule has 1 aromatic carbocycles. The van der Waals surface area contributed by atoms with E-state index in [9.17, 15) is 0 Å². The predicted molar refractivity (Wildman–Crippen MR) is 119 cm³/mol. The lowest BCUT2D eigenvalue weighted by atomic mass is 10.0. The molecule has 0 bridgehead atoms. The zero-order chi connectivity index (χ0) is 20.1. The number of nitrogens with two attached hydrogens (primary N) is 1. The van der Waals surface area contributed by atoms with Gasteiger partial charge in [-0.2, -0.15) is 0 Å². The van der Waals surface area contributed by atoms with E-state index in [4.69, 9.17) is 27.1 Å². The maximum Gasteiger partial charge on any atom is 0.191 e. The summed E-state index contributed by atoms with van der Waals surface area (Å²) in [4.78, 5) is 16.1. The number of anilines is 1. The summed E-state index contributed by atoms with van der Waals surface area (Å²) in [7, 11) is 0. The number of aliphatic imine (C=N–C) groups is 1. The summed E-state index contributed by atoms with van der Waals surface area (Å²) in [6, 6.07) is 8.19. The van der Waals surface area contributed by atoms with E-state index in [1.165, 1.54) is 5.56 Å². The number of thiazole rings is 1. The lowest BCUT2D eigenvalue weighted by Gasteiger charge is -2.36. The Hall–Kier alpha value is -1.87. The van der Waals surface area contributed by atoms with Gasteiger partial charge in [-0.3, -0.25) is 9.89 Å². The number of aromatic nitrogens is 1. The van der Waals surface area contributed by atoms with Gasteiger partial charge in [0.15, 0.2) is 11.1 Å². The molecule has 7 nitrogen and oxygen atoms in total.